The highest BCUT2D eigenvalue weighted by molar-refractivity contribution is 6.10. The predicted octanol–water partition coefficient (Wildman–Crippen LogP) is 5.08. The second kappa shape index (κ2) is 5.17. The molecule has 0 saturated heterocycles. The topological polar surface area (TPSA) is 21.4 Å². The van der Waals surface area contributed by atoms with Crippen LogP contribution < -0.4 is 4.57 Å². The van der Waals surface area contributed by atoms with Gasteiger partial charge in [-0.3, -0.25) is 0 Å². The van der Waals surface area contributed by atoms with Gasteiger partial charge in [-0.2, -0.15) is 0 Å². The van der Waals surface area contributed by atoms with Crippen molar-refractivity contribution in [1.29, 1.82) is 0 Å². The summed E-state index contributed by atoms with van der Waals surface area (Å²) in [5.74, 6) is -0.426. The molecule has 0 aliphatic carbocycles. The molecule has 0 unspecified atom stereocenters. The summed E-state index contributed by atoms with van der Waals surface area (Å²) in [6, 6.07) is 12.6. The lowest BCUT2D eigenvalue weighted by Crippen LogP contribution is -2.30. The lowest BCUT2D eigenvalue weighted by atomic mass is 10.0. The maximum atomic E-state index is 14.5. The van der Waals surface area contributed by atoms with Crippen molar-refractivity contribution in [2.24, 2.45) is 7.05 Å². The summed E-state index contributed by atoms with van der Waals surface area (Å²) < 4.78 is 22.5. The first-order valence-corrected chi connectivity index (χ1v) is 7.58. The van der Waals surface area contributed by atoms with Gasteiger partial charge in [-0.05, 0) is 30.7 Å². The molecule has 4 aromatic rings. The number of nitrogens with zero attached hydrogens (tertiary/aromatic N) is 2. The van der Waals surface area contributed by atoms with Gasteiger partial charge in [0.2, 0.25) is 5.69 Å². The van der Waals surface area contributed by atoms with Crippen molar-refractivity contribution in [2.75, 3.05) is 0 Å². The summed E-state index contributed by atoms with van der Waals surface area (Å²) in [6.45, 7) is 9.11. The minimum Gasteiger partial charge on any atom is -0.456 e. The molecule has 0 atom stereocenters. The summed E-state index contributed by atoms with van der Waals surface area (Å²) >= 11 is 0. The van der Waals surface area contributed by atoms with E-state index < -0.39 is 5.82 Å². The third-order valence-corrected chi connectivity index (χ3v) is 4.33. The number of fused-ring (bicyclic) bond motifs is 3. The predicted molar refractivity (Wildman–Crippen MR) is 91.3 cm³/mol. The molecule has 0 spiro atoms. The Balaban J connectivity index is 2.18. The van der Waals surface area contributed by atoms with Crippen molar-refractivity contribution < 1.29 is 13.4 Å². The molecule has 4 heteroatoms. The van der Waals surface area contributed by atoms with Gasteiger partial charge >= 0.3 is 0 Å². The van der Waals surface area contributed by atoms with Crippen LogP contribution in [0.4, 0.5) is 10.1 Å². The number of aromatic nitrogens is 1. The standard InChI is InChI=1S/C20H14FN2O/c1-12-7-8-14-19-15(21)10-13(22-2)11-17(19)24-20(14)18(12)16-6-4-5-9-23(16)3/h4-11H,1,3H3/q+1. The molecule has 0 saturated carbocycles. The Morgan fingerprint density at radius 3 is 2.75 bits per heavy atom. The first-order valence-electron chi connectivity index (χ1n) is 7.58. The van der Waals surface area contributed by atoms with E-state index in [4.69, 9.17) is 11.0 Å². The summed E-state index contributed by atoms with van der Waals surface area (Å²) in [7, 11) is 1.97. The van der Waals surface area contributed by atoms with Gasteiger partial charge in [0.25, 0.3) is 0 Å². The molecule has 0 fully saturated rings. The Bertz CT molecular complexity index is 1150. The first kappa shape index (κ1) is 14.4. The van der Waals surface area contributed by atoms with Gasteiger partial charge in [-0.15, -0.1) is 0 Å². The van der Waals surface area contributed by atoms with Gasteiger partial charge in [0.1, 0.15) is 24.0 Å². The van der Waals surface area contributed by atoms with Gasteiger partial charge in [0.15, 0.2) is 11.9 Å². The van der Waals surface area contributed by atoms with Gasteiger partial charge in [-0.25, -0.2) is 13.8 Å². The number of hydrogen-bond acceptors (Lipinski definition) is 1. The van der Waals surface area contributed by atoms with Gasteiger partial charge < -0.3 is 4.42 Å². The van der Waals surface area contributed by atoms with Crippen molar-refractivity contribution in [3.05, 3.63) is 71.5 Å². The zero-order valence-corrected chi connectivity index (χ0v) is 13.3. The highest BCUT2D eigenvalue weighted by atomic mass is 19.1. The fourth-order valence-electron chi connectivity index (χ4n) is 3.17. The van der Waals surface area contributed by atoms with Crippen LogP contribution in [-0.4, -0.2) is 0 Å². The van der Waals surface area contributed by atoms with Crippen LogP contribution in [-0.2, 0) is 7.05 Å². The number of pyridine rings is 1. The minimum atomic E-state index is -0.426. The molecular formula is C20H14FN2O+. The van der Waals surface area contributed by atoms with Crippen LogP contribution in [0.1, 0.15) is 5.56 Å². The van der Waals surface area contributed by atoms with Gasteiger partial charge in [0, 0.05) is 17.5 Å². The number of hydrogen-bond donors (Lipinski definition) is 0. The molecule has 2 aromatic carbocycles. The van der Waals surface area contributed by atoms with Crippen LogP contribution in [0.3, 0.4) is 0 Å². The van der Waals surface area contributed by atoms with Crippen LogP contribution >= 0.6 is 0 Å². The van der Waals surface area contributed by atoms with Crippen LogP contribution in [0.2, 0.25) is 0 Å². The highest BCUT2D eigenvalue weighted by Crippen LogP contribution is 2.39. The van der Waals surface area contributed by atoms with E-state index in [1.807, 2.05) is 55.1 Å². The van der Waals surface area contributed by atoms with Crippen molar-refractivity contribution in [3.8, 4) is 11.3 Å². The van der Waals surface area contributed by atoms with E-state index in [1.54, 1.807) is 6.07 Å². The molecule has 0 bridgehead atoms. The molecule has 0 radical (unpaired) electrons. The zero-order chi connectivity index (χ0) is 16.8. The van der Waals surface area contributed by atoms with E-state index in [2.05, 4.69) is 4.85 Å². The Kier molecular flexibility index (Phi) is 3.10. The molecule has 2 aromatic heterocycles. The molecule has 24 heavy (non-hydrogen) atoms. The second-order valence-electron chi connectivity index (χ2n) is 5.85. The lowest BCUT2D eigenvalue weighted by Gasteiger charge is -2.05. The average molecular weight is 317 g/mol. The quantitative estimate of drug-likeness (QED) is 0.354. The minimum absolute atomic E-state index is 0.239. The highest BCUT2D eigenvalue weighted by Gasteiger charge is 2.21. The van der Waals surface area contributed by atoms with E-state index in [1.165, 1.54) is 6.07 Å². The molecule has 0 N–H and O–H groups in total. The number of aryl methyl sites for hydroxylation is 2. The molecule has 0 aliphatic rings. The van der Waals surface area contributed by atoms with Crippen molar-refractivity contribution in [1.82, 2.24) is 0 Å². The molecule has 116 valence electrons. The summed E-state index contributed by atoms with van der Waals surface area (Å²) in [4.78, 5) is 3.31. The molecule has 0 aliphatic heterocycles. The summed E-state index contributed by atoms with van der Waals surface area (Å²) in [6.07, 6.45) is 1.97. The average Bonchev–Trinajstić information content (AvgIpc) is 2.94. The Morgan fingerprint density at radius 2 is 2.00 bits per heavy atom. The van der Waals surface area contributed by atoms with Crippen LogP contribution in [0, 0.1) is 19.3 Å². The van der Waals surface area contributed by atoms with Crippen LogP contribution in [0.5, 0.6) is 0 Å². The van der Waals surface area contributed by atoms with Crippen LogP contribution in [0.15, 0.2) is 53.1 Å². The third kappa shape index (κ3) is 1.99. The van der Waals surface area contributed by atoms with E-state index in [9.17, 15) is 4.39 Å². The smallest absolute Gasteiger partial charge is 0.216 e. The number of benzene rings is 2. The lowest BCUT2D eigenvalue weighted by molar-refractivity contribution is -0.660. The third-order valence-electron chi connectivity index (χ3n) is 4.33. The maximum Gasteiger partial charge on any atom is 0.216 e. The Hall–Kier alpha value is -3.19. The normalized spacial score (nSPS) is 11.1. The van der Waals surface area contributed by atoms with E-state index >= 15 is 0 Å². The Morgan fingerprint density at radius 1 is 1.17 bits per heavy atom. The van der Waals surface area contributed by atoms with Crippen molar-refractivity contribution in [2.45, 2.75) is 6.92 Å². The fourth-order valence-corrected chi connectivity index (χ4v) is 3.17. The number of rotatable bonds is 1. The molecule has 4 rings (SSSR count). The molecular weight excluding hydrogens is 303 g/mol. The van der Waals surface area contributed by atoms with Crippen molar-refractivity contribution in [3.63, 3.8) is 0 Å². The van der Waals surface area contributed by atoms with Gasteiger partial charge in [-0.1, -0.05) is 12.1 Å². The zero-order valence-electron chi connectivity index (χ0n) is 13.3. The SMILES string of the molecule is [C-]#[N+]c1cc(F)c2c(c1)oc1c(-c3cccc[n+]3C)c(C)ccc12. The van der Waals surface area contributed by atoms with E-state index in [0.29, 0.717) is 16.6 Å². The van der Waals surface area contributed by atoms with Crippen LogP contribution in [0.25, 0.3) is 38.0 Å². The molecule has 0 amide bonds. The van der Waals surface area contributed by atoms with E-state index in [-0.39, 0.29) is 5.69 Å². The second-order valence-corrected chi connectivity index (χ2v) is 5.85. The number of furan rings is 1. The van der Waals surface area contributed by atoms with E-state index in [0.717, 1.165) is 22.2 Å². The Labute approximate surface area is 138 Å². The largest absolute Gasteiger partial charge is 0.456 e. The molecule has 2 heterocycles. The monoisotopic (exact) mass is 317 g/mol. The maximum absolute atomic E-state index is 14.5. The molecule has 3 nitrogen and oxygen atoms in total. The number of halogens is 1. The summed E-state index contributed by atoms with van der Waals surface area (Å²) in [5.41, 5.74) is 4.27. The van der Waals surface area contributed by atoms with Crippen molar-refractivity contribution >= 4 is 27.6 Å². The summed E-state index contributed by atoms with van der Waals surface area (Å²) in [5, 5.41) is 1.15. The fraction of sp³-hybridized carbons (Fsp3) is 0.100. The van der Waals surface area contributed by atoms with Gasteiger partial charge in [0.05, 0.1) is 17.5 Å². The first-order chi connectivity index (χ1) is 11.6.